The average Bonchev–Trinajstić information content (AvgIpc) is 2.34. The van der Waals surface area contributed by atoms with E-state index in [0.717, 1.165) is 4.47 Å². The van der Waals surface area contributed by atoms with Gasteiger partial charge in [-0.25, -0.2) is 0 Å². The SMILES string of the molecule is O=Cc1cc(Cl)ccc1Oc1ccc(Br)cc1Cl. The summed E-state index contributed by atoms with van der Waals surface area (Å²) >= 11 is 15.1. The molecule has 2 nitrogen and oxygen atoms in total. The zero-order valence-corrected chi connectivity index (χ0v) is 12.1. The molecule has 0 saturated carbocycles. The lowest BCUT2D eigenvalue weighted by molar-refractivity contribution is 0.112. The van der Waals surface area contributed by atoms with Crippen molar-refractivity contribution in [2.24, 2.45) is 0 Å². The van der Waals surface area contributed by atoms with Crippen LogP contribution in [0.1, 0.15) is 10.4 Å². The first-order valence-corrected chi connectivity index (χ1v) is 6.52. The molecule has 0 spiro atoms. The van der Waals surface area contributed by atoms with Crippen molar-refractivity contribution in [2.45, 2.75) is 0 Å². The van der Waals surface area contributed by atoms with E-state index < -0.39 is 0 Å². The summed E-state index contributed by atoms with van der Waals surface area (Å²) in [6.45, 7) is 0. The van der Waals surface area contributed by atoms with Gasteiger partial charge in [0.2, 0.25) is 0 Å². The van der Waals surface area contributed by atoms with E-state index in [1.807, 2.05) is 0 Å². The van der Waals surface area contributed by atoms with Crippen molar-refractivity contribution >= 4 is 45.4 Å². The maximum atomic E-state index is 10.9. The fraction of sp³-hybridized carbons (Fsp3) is 0. The summed E-state index contributed by atoms with van der Waals surface area (Å²) in [6.07, 6.45) is 0.688. The largest absolute Gasteiger partial charge is 0.455 e. The Bertz CT molecular complexity index is 600. The Morgan fingerprint density at radius 3 is 2.44 bits per heavy atom. The Morgan fingerprint density at radius 2 is 1.78 bits per heavy atom. The molecule has 92 valence electrons. The van der Waals surface area contributed by atoms with Crippen molar-refractivity contribution < 1.29 is 9.53 Å². The number of hydrogen-bond donors (Lipinski definition) is 0. The highest BCUT2D eigenvalue weighted by Crippen LogP contribution is 2.33. The lowest BCUT2D eigenvalue weighted by Crippen LogP contribution is -1.91. The van der Waals surface area contributed by atoms with E-state index in [-0.39, 0.29) is 0 Å². The molecule has 0 unspecified atom stereocenters. The molecule has 0 aliphatic heterocycles. The summed E-state index contributed by atoms with van der Waals surface area (Å²) in [6, 6.07) is 10.1. The summed E-state index contributed by atoms with van der Waals surface area (Å²) in [5, 5.41) is 0.933. The molecule has 5 heteroatoms. The zero-order valence-electron chi connectivity index (χ0n) is 8.99. The summed E-state index contributed by atoms with van der Waals surface area (Å²) in [7, 11) is 0. The quantitative estimate of drug-likeness (QED) is 0.700. The number of aldehydes is 1. The first-order valence-electron chi connectivity index (χ1n) is 4.98. The van der Waals surface area contributed by atoms with Crippen molar-refractivity contribution in [3.05, 3.63) is 56.5 Å². The lowest BCUT2D eigenvalue weighted by Gasteiger charge is -2.09. The van der Waals surface area contributed by atoms with Crippen LogP contribution < -0.4 is 4.74 Å². The summed E-state index contributed by atoms with van der Waals surface area (Å²) in [4.78, 5) is 10.9. The minimum absolute atomic E-state index is 0.376. The van der Waals surface area contributed by atoms with Crippen LogP contribution in [0.3, 0.4) is 0 Å². The van der Waals surface area contributed by atoms with Gasteiger partial charge in [0, 0.05) is 9.50 Å². The van der Waals surface area contributed by atoms with Crippen LogP contribution in [0.2, 0.25) is 10.0 Å². The average molecular weight is 346 g/mol. The molecule has 0 aliphatic carbocycles. The summed E-state index contributed by atoms with van der Waals surface area (Å²) < 4.78 is 6.45. The van der Waals surface area contributed by atoms with Gasteiger partial charge in [0.25, 0.3) is 0 Å². The van der Waals surface area contributed by atoms with Crippen LogP contribution in [0.15, 0.2) is 40.9 Å². The number of hydrogen-bond acceptors (Lipinski definition) is 2. The van der Waals surface area contributed by atoms with Gasteiger partial charge in [-0.05, 0) is 36.4 Å². The van der Waals surface area contributed by atoms with E-state index >= 15 is 0 Å². The third-order valence-corrected chi connectivity index (χ3v) is 3.24. The minimum Gasteiger partial charge on any atom is -0.455 e. The Morgan fingerprint density at radius 1 is 1.06 bits per heavy atom. The molecule has 0 aliphatic rings. The highest BCUT2D eigenvalue weighted by Gasteiger charge is 2.08. The van der Waals surface area contributed by atoms with Crippen LogP contribution in [0.25, 0.3) is 0 Å². The highest BCUT2D eigenvalue weighted by molar-refractivity contribution is 9.10. The van der Waals surface area contributed by atoms with Gasteiger partial charge in [0.1, 0.15) is 11.5 Å². The fourth-order valence-corrected chi connectivity index (χ4v) is 2.27. The van der Waals surface area contributed by atoms with E-state index in [1.165, 1.54) is 6.07 Å². The Labute approximate surface area is 123 Å². The number of halogens is 3. The maximum Gasteiger partial charge on any atom is 0.153 e. The van der Waals surface area contributed by atoms with E-state index in [1.54, 1.807) is 30.3 Å². The van der Waals surface area contributed by atoms with Crippen molar-refractivity contribution in [1.29, 1.82) is 0 Å². The molecule has 0 saturated heterocycles. The summed E-state index contributed by atoms with van der Waals surface area (Å²) in [5.41, 5.74) is 0.376. The van der Waals surface area contributed by atoms with Gasteiger partial charge in [0.15, 0.2) is 6.29 Å². The van der Waals surface area contributed by atoms with Crippen molar-refractivity contribution in [1.82, 2.24) is 0 Å². The minimum atomic E-state index is 0.376. The maximum absolute atomic E-state index is 10.9. The molecule has 2 rings (SSSR count). The Balaban J connectivity index is 2.36. The van der Waals surface area contributed by atoms with E-state index in [2.05, 4.69) is 15.9 Å². The van der Waals surface area contributed by atoms with Gasteiger partial charge in [-0.1, -0.05) is 39.1 Å². The smallest absolute Gasteiger partial charge is 0.153 e. The first kappa shape index (κ1) is 13.4. The number of carbonyl (C=O) groups is 1. The predicted octanol–water partition coefficient (Wildman–Crippen LogP) is 5.36. The number of rotatable bonds is 3. The topological polar surface area (TPSA) is 26.3 Å². The second kappa shape index (κ2) is 5.74. The molecular weight excluding hydrogens is 339 g/mol. The molecule has 0 aromatic heterocycles. The van der Waals surface area contributed by atoms with Gasteiger partial charge >= 0.3 is 0 Å². The molecule has 0 fully saturated rings. The molecular formula is C13H7BrCl2O2. The van der Waals surface area contributed by atoms with Gasteiger partial charge < -0.3 is 4.74 Å². The van der Waals surface area contributed by atoms with Crippen LogP contribution in [0.5, 0.6) is 11.5 Å². The van der Waals surface area contributed by atoms with E-state index in [0.29, 0.717) is 33.4 Å². The highest BCUT2D eigenvalue weighted by atomic mass is 79.9. The second-order valence-corrected chi connectivity index (χ2v) is 5.24. The van der Waals surface area contributed by atoms with Gasteiger partial charge in [-0.3, -0.25) is 4.79 Å². The van der Waals surface area contributed by atoms with Gasteiger partial charge in [0.05, 0.1) is 10.6 Å². The molecule has 0 atom stereocenters. The first-order chi connectivity index (χ1) is 8.60. The second-order valence-electron chi connectivity index (χ2n) is 3.48. The van der Waals surface area contributed by atoms with Crippen LogP contribution in [0, 0.1) is 0 Å². The molecule has 0 N–H and O–H groups in total. The Kier molecular flexibility index (Phi) is 4.27. The van der Waals surface area contributed by atoms with Crippen LogP contribution >= 0.6 is 39.1 Å². The molecule has 0 amide bonds. The summed E-state index contributed by atoms with van der Waals surface area (Å²) in [5.74, 6) is 0.893. The molecule has 18 heavy (non-hydrogen) atoms. The van der Waals surface area contributed by atoms with Gasteiger partial charge in [-0.2, -0.15) is 0 Å². The monoisotopic (exact) mass is 344 g/mol. The van der Waals surface area contributed by atoms with Crippen molar-refractivity contribution in [3.63, 3.8) is 0 Å². The third kappa shape index (κ3) is 3.05. The molecule has 0 radical (unpaired) electrons. The standard InChI is InChI=1S/C13H7BrCl2O2/c14-9-1-3-13(11(16)6-9)18-12-4-2-10(15)5-8(12)7-17/h1-7H. The van der Waals surface area contributed by atoms with Gasteiger partial charge in [-0.15, -0.1) is 0 Å². The van der Waals surface area contributed by atoms with E-state index in [4.69, 9.17) is 27.9 Å². The normalized spacial score (nSPS) is 10.2. The van der Waals surface area contributed by atoms with Crippen LogP contribution in [-0.2, 0) is 0 Å². The molecule has 0 heterocycles. The predicted molar refractivity (Wildman–Crippen MR) is 76.1 cm³/mol. The fourth-order valence-electron chi connectivity index (χ4n) is 1.38. The molecule has 0 bridgehead atoms. The number of carbonyl (C=O) groups excluding carboxylic acids is 1. The van der Waals surface area contributed by atoms with Crippen LogP contribution in [-0.4, -0.2) is 6.29 Å². The molecule has 2 aromatic carbocycles. The zero-order chi connectivity index (χ0) is 13.1. The lowest BCUT2D eigenvalue weighted by atomic mass is 10.2. The number of benzene rings is 2. The van der Waals surface area contributed by atoms with Crippen molar-refractivity contribution in [3.8, 4) is 11.5 Å². The number of ether oxygens (including phenoxy) is 1. The Hall–Kier alpha value is -1.03. The van der Waals surface area contributed by atoms with E-state index in [9.17, 15) is 4.79 Å². The van der Waals surface area contributed by atoms with Crippen LogP contribution in [0.4, 0.5) is 0 Å². The van der Waals surface area contributed by atoms with Crippen molar-refractivity contribution in [2.75, 3.05) is 0 Å². The molecule has 2 aromatic rings. The third-order valence-electron chi connectivity index (χ3n) is 2.21.